The molecule has 0 spiro atoms. The summed E-state index contributed by atoms with van der Waals surface area (Å²) in [5.74, 6) is -0.0294. The van der Waals surface area contributed by atoms with Gasteiger partial charge in [0.1, 0.15) is 0 Å². The lowest BCUT2D eigenvalue weighted by atomic mass is 9.90. The molecule has 0 bridgehead atoms. The molecule has 2 aromatic carbocycles. The van der Waals surface area contributed by atoms with Crippen molar-refractivity contribution in [3.63, 3.8) is 0 Å². The number of carbonyl (C=O) groups excluding carboxylic acids is 1. The molecule has 1 heterocycles. The second kappa shape index (κ2) is 8.28. The average Bonchev–Trinajstić information content (AvgIpc) is 3.16. The summed E-state index contributed by atoms with van der Waals surface area (Å²) in [7, 11) is 0. The molecular weight excluding hydrogens is 372 g/mol. The number of anilines is 1. The van der Waals surface area contributed by atoms with Gasteiger partial charge in [-0.3, -0.25) is 4.79 Å². The third-order valence-electron chi connectivity index (χ3n) is 4.92. The van der Waals surface area contributed by atoms with Gasteiger partial charge in [0.05, 0.1) is 12.1 Å². The molecule has 1 N–H and O–H groups in total. The van der Waals surface area contributed by atoms with E-state index >= 15 is 0 Å². The highest BCUT2D eigenvalue weighted by Gasteiger charge is 2.13. The van der Waals surface area contributed by atoms with Gasteiger partial charge < -0.3 is 5.32 Å². The predicted octanol–water partition coefficient (Wildman–Crippen LogP) is 5.59. The maximum absolute atomic E-state index is 12.3. The molecule has 1 aliphatic rings. The first-order chi connectivity index (χ1) is 13.2. The van der Waals surface area contributed by atoms with E-state index in [1.165, 1.54) is 46.6 Å². The predicted molar refractivity (Wildman–Crippen MR) is 115 cm³/mol. The van der Waals surface area contributed by atoms with E-state index in [1.807, 2.05) is 35.9 Å². The summed E-state index contributed by atoms with van der Waals surface area (Å²) in [4.78, 5) is 18.1. The molecule has 27 heavy (non-hydrogen) atoms. The van der Waals surface area contributed by atoms with Crippen LogP contribution in [-0.2, 0) is 24.1 Å². The molecule has 0 aliphatic heterocycles. The van der Waals surface area contributed by atoms with E-state index in [2.05, 4.69) is 28.5 Å². The molecule has 3 nitrogen and oxygen atoms in total. The Balaban J connectivity index is 1.42. The zero-order valence-electron chi connectivity index (χ0n) is 15.3. The van der Waals surface area contributed by atoms with Crippen molar-refractivity contribution in [2.75, 3.05) is 11.6 Å². The second-order valence-electron chi connectivity index (χ2n) is 6.80. The van der Waals surface area contributed by atoms with Crippen LogP contribution in [0.1, 0.15) is 29.5 Å². The van der Waals surface area contributed by atoms with Crippen LogP contribution in [0.4, 0.5) is 5.13 Å². The molecule has 1 aliphatic carbocycles. The summed E-state index contributed by atoms with van der Waals surface area (Å²) in [6.45, 7) is 0. The summed E-state index contributed by atoms with van der Waals surface area (Å²) < 4.78 is 0. The molecule has 0 fully saturated rings. The maximum atomic E-state index is 12.3. The van der Waals surface area contributed by atoms with Gasteiger partial charge >= 0.3 is 0 Å². The van der Waals surface area contributed by atoms with Crippen molar-refractivity contribution in [1.29, 1.82) is 0 Å². The van der Waals surface area contributed by atoms with Crippen molar-refractivity contribution in [2.24, 2.45) is 0 Å². The fraction of sp³-hybridized carbons (Fsp3) is 0.273. The molecule has 138 valence electrons. The van der Waals surface area contributed by atoms with Crippen molar-refractivity contribution in [3.8, 4) is 11.3 Å². The first-order valence-corrected chi connectivity index (χ1v) is 11.3. The number of hydrogen-bond donors (Lipinski definition) is 1. The van der Waals surface area contributed by atoms with E-state index in [0.29, 0.717) is 11.6 Å². The Morgan fingerprint density at radius 2 is 1.89 bits per heavy atom. The number of aromatic nitrogens is 1. The Hall–Kier alpha value is -2.11. The van der Waals surface area contributed by atoms with Crippen LogP contribution in [-0.4, -0.2) is 17.1 Å². The number of benzene rings is 2. The van der Waals surface area contributed by atoms with Gasteiger partial charge in [-0.05, 0) is 66.8 Å². The fourth-order valence-corrected chi connectivity index (χ4v) is 4.59. The molecule has 3 aromatic rings. The van der Waals surface area contributed by atoms with Crippen LogP contribution in [0, 0.1) is 0 Å². The average molecular weight is 395 g/mol. The Morgan fingerprint density at radius 1 is 1.11 bits per heavy atom. The molecule has 0 radical (unpaired) electrons. The minimum atomic E-state index is -0.0294. The lowest BCUT2D eigenvalue weighted by Gasteiger charge is -2.16. The highest BCUT2D eigenvalue weighted by atomic mass is 32.2. The Kier molecular flexibility index (Phi) is 5.60. The SMILES string of the molecule is CSc1ccc(CC(=O)Nc2nc(-c3ccc4c(c3)CCCC4)cs2)cc1. The molecular formula is C22H22N2OS2. The molecule has 1 aromatic heterocycles. The maximum Gasteiger partial charge on any atom is 0.230 e. The molecule has 4 rings (SSSR count). The molecule has 5 heteroatoms. The number of thioether (sulfide) groups is 1. The quantitative estimate of drug-likeness (QED) is 0.573. The van der Waals surface area contributed by atoms with Crippen molar-refractivity contribution >= 4 is 34.1 Å². The van der Waals surface area contributed by atoms with E-state index in [1.54, 1.807) is 11.8 Å². The highest BCUT2D eigenvalue weighted by Crippen LogP contribution is 2.29. The lowest BCUT2D eigenvalue weighted by Crippen LogP contribution is -2.14. The summed E-state index contributed by atoms with van der Waals surface area (Å²) >= 11 is 3.18. The summed E-state index contributed by atoms with van der Waals surface area (Å²) in [6, 6.07) is 14.8. The van der Waals surface area contributed by atoms with E-state index in [4.69, 9.17) is 0 Å². The number of fused-ring (bicyclic) bond motifs is 1. The van der Waals surface area contributed by atoms with Crippen LogP contribution in [0.3, 0.4) is 0 Å². The van der Waals surface area contributed by atoms with Crippen molar-refractivity contribution < 1.29 is 4.79 Å². The topological polar surface area (TPSA) is 42.0 Å². The number of aryl methyl sites for hydroxylation is 2. The van der Waals surface area contributed by atoms with Crippen LogP contribution < -0.4 is 5.32 Å². The number of thiazole rings is 1. The van der Waals surface area contributed by atoms with Gasteiger partial charge in [-0.25, -0.2) is 4.98 Å². The molecule has 0 atom stereocenters. The van der Waals surface area contributed by atoms with Crippen LogP contribution in [0.2, 0.25) is 0 Å². The standard InChI is InChI=1S/C22H22N2OS2/c1-26-19-10-6-15(7-11-19)12-21(25)24-22-23-20(14-27-22)18-9-8-16-4-2-3-5-17(16)13-18/h6-11,13-14H,2-5,12H2,1H3,(H,23,24,25). The van der Waals surface area contributed by atoms with Crippen LogP contribution >= 0.6 is 23.1 Å². The number of rotatable bonds is 5. The smallest absolute Gasteiger partial charge is 0.230 e. The third-order valence-corrected chi connectivity index (χ3v) is 6.42. The van der Waals surface area contributed by atoms with Gasteiger partial charge in [0.15, 0.2) is 5.13 Å². The van der Waals surface area contributed by atoms with Crippen LogP contribution in [0.15, 0.2) is 52.7 Å². The van der Waals surface area contributed by atoms with Gasteiger partial charge in [0.25, 0.3) is 0 Å². The van der Waals surface area contributed by atoms with Gasteiger partial charge in [-0.1, -0.05) is 24.3 Å². The summed E-state index contributed by atoms with van der Waals surface area (Å²) in [6.07, 6.45) is 7.32. The van der Waals surface area contributed by atoms with Gasteiger partial charge in [0, 0.05) is 15.8 Å². The first-order valence-electron chi connectivity index (χ1n) is 9.22. The molecule has 0 saturated heterocycles. The van der Waals surface area contributed by atoms with Crippen LogP contribution in [0.25, 0.3) is 11.3 Å². The highest BCUT2D eigenvalue weighted by molar-refractivity contribution is 7.98. The van der Waals surface area contributed by atoms with Gasteiger partial charge in [-0.15, -0.1) is 23.1 Å². The van der Waals surface area contributed by atoms with Crippen LogP contribution in [0.5, 0.6) is 0 Å². The zero-order valence-corrected chi connectivity index (χ0v) is 17.0. The Bertz CT molecular complexity index is 947. The first kappa shape index (κ1) is 18.3. The number of hydrogen-bond acceptors (Lipinski definition) is 4. The third kappa shape index (κ3) is 4.42. The molecule has 0 unspecified atom stereocenters. The second-order valence-corrected chi connectivity index (χ2v) is 8.54. The number of nitrogens with zero attached hydrogens (tertiary/aromatic N) is 1. The van der Waals surface area contributed by atoms with E-state index in [-0.39, 0.29) is 5.91 Å². The number of carbonyl (C=O) groups is 1. The lowest BCUT2D eigenvalue weighted by molar-refractivity contribution is -0.115. The number of nitrogens with one attached hydrogen (secondary N) is 1. The monoisotopic (exact) mass is 394 g/mol. The van der Waals surface area contributed by atoms with Crippen molar-refractivity contribution in [1.82, 2.24) is 4.98 Å². The largest absolute Gasteiger partial charge is 0.302 e. The van der Waals surface area contributed by atoms with E-state index in [0.717, 1.165) is 23.2 Å². The van der Waals surface area contributed by atoms with Gasteiger partial charge in [-0.2, -0.15) is 0 Å². The zero-order chi connectivity index (χ0) is 18.6. The normalized spacial score (nSPS) is 13.2. The van der Waals surface area contributed by atoms with E-state index < -0.39 is 0 Å². The molecule has 0 saturated carbocycles. The van der Waals surface area contributed by atoms with E-state index in [9.17, 15) is 4.79 Å². The van der Waals surface area contributed by atoms with Gasteiger partial charge in [0.2, 0.25) is 5.91 Å². The summed E-state index contributed by atoms with van der Waals surface area (Å²) in [5.41, 5.74) is 6.01. The minimum absolute atomic E-state index is 0.0294. The Labute approximate surface area is 168 Å². The molecule has 1 amide bonds. The Morgan fingerprint density at radius 3 is 2.67 bits per heavy atom. The van der Waals surface area contributed by atoms with Crippen molar-refractivity contribution in [3.05, 3.63) is 64.5 Å². The van der Waals surface area contributed by atoms with Crippen molar-refractivity contribution in [2.45, 2.75) is 37.0 Å². The summed E-state index contributed by atoms with van der Waals surface area (Å²) in [5, 5.41) is 5.62. The fourth-order valence-electron chi connectivity index (χ4n) is 3.45. The number of amides is 1. The minimum Gasteiger partial charge on any atom is -0.302 e.